The standard InChI is InChI=1S/C10H12.C8H8O2.C7H6O2.3C4H10/c1-2-6-10-8-4-3-7-9(10)5-1;1-2-4-8-7(3-1)9-5-6-10-8;1-2-4-7-6(3-1)8-5-9-7;3*1-4(2)3/h1-2,5-6H,3-4,7-8H2;1-4H,5-6H2;1-4H,5H2;3*4H,1-3H3. The minimum Gasteiger partial charge on any atom is -0.486 e. The molecular formula is C37H56O4. The Morgan fingerprint density at radius 2 is 0.683 bits per heavy atom. The van der Waals surface area contributed by atoms with E-state index in [4.69, 9.17) is 18.9 Å². The molecule has 0 radical (unpaired) electrons. The number of benzene rings is 3. The average Bonchev–Trinajstić information content (AvgIpc) is 3.42. The minimum atomic E-state index is 0.360. The zero-order valence-corrected chi connectivity index (χ0v) is 27.2. The van der Waals surface area contributed by atoms with Gasteiger partial charge < -0.3 is 18.9 Å². The summed E-state index contributed by atoms with van der Waals surface area (Å²) in [5, 5.41) is 0. The molecule has 1 aliphatic carbocycles. The third-order valence-corrected chi connectivity index (χ3v) is 4.99. The van der Waals surface area contributed by atoms with Crippen LogP contribution in [0.2, 0.25) is 0 Å². The van der Waals surface area contributed by atoms with Crippen molar-refractivity contribution >= 4 is 0 Å². The van der Waals surface area contributed by atoms with Crippen LogP contribution in [0.15, 0.2) is 72.8 Å². The first kappa shape index (κ1) is 35.9. The molecule has 0 saturated heterocycles. The summed E-state index contributed by atoms with van der Waals surface area (Å²) in [6.45, 7) is 21.2. The number of fused-ring (bicyclic) bond motifs is 3. The zero-order chi connectivity index (χ0) is 30.5. The van der Waals surface area contributed by atoms with Gasteiger partial charge in [0.15, 0.2) is 23.0 Å². The van der Waals surface area contributed by atoms with Crippen molar-refractivity contribution in [2.45, 2.75) is 88.0 Å². The van der Waals surface area contributed by atoms with Crippen molar-refractivity contribution in [3.8, 4) is 23.0 Å². The molecule has 3 aromatic rings. The Hall–Kier alpha value is -3.14. The predicted molar refractivity (Wildman–Crippen MR) is 175 cm³/mol. The molecule has 4 heteroatoms. The molecule has 3 aromatic carbocycles. The second kappa shape index (κ2) is 21.6. The van der Waals surface area contributed by atoms with Crippen LogP contribution in [0.25, 0.3) is 0 Å². The summed E-state index contributed by atoms with van der Waals surface area (Å²) in [6.07, 6.45) is 5.38. The fraction of sp³-hybridized carbons (Fsp3) is 0.514. The van der Waals surface area contributed by atoms with Crippen LogP contribution in [0.1, 0.15) is 86.3 Å². The van der Waals surface area contributed by atoms with Crippen LogP contribution in [0.4, 0.5) is 0 Å². The van der Waals surface area contributed by atoms with E-state index in [9.17, 15) is 0 Å². The largest absolute Gasteiger partial charge is 0.486 e. The van der Waals surface area contributed by atoms with Crippen LogP contribution in [0.5, 0.6) is 23.0 Å². The monoisotopic (exact) mass is 564 g/mol. The van der Waals surface area contributed by atoms with E-state index < -0.39 is 0 Å². The first-order chi connectivity index (χ1) is 19.6. The molecule has 0 amide bonds. The highest BCUT2D eigenvalue weighted by atomic mass is 16.7. The van der Waals surface area contributed by atoms with Crippen LogP contribution >= 0.6 is 0 Å². The lowest BCUT2D eigenvalue weighted by molar-refractivity contribution is 0.171. The summed E-state index contributed by atoms with van der Waals surface area (Å²) in [5.74, 6) is 5.90. The Kier molecular flexibility index (Phi) is 18.9. The number of hydrogen-bond acceptors (Lipinski definition) is 4. The van der Waals surface area contributed by atoms with E-state index in [0.29, 0.717) is 20.0 Å². The minimum absolute atomic E-state index is 0.360. The topological polar surface area (TPSA) is 36.9 Å². The van der Waals surface area contributed by atoms with Crippen LogP contribution in [-0.4, -0.2) is 20.0 Å². The molecule has 3 aliphatic rings. The van der Waals surface area contributed by atoms with E-state index in [1.165, 1.54) is 25.7 Å². The fourth-order valence-corrected chi connectivity index (χ4v) is 3.51. The van der Waals surface area contributed by atoms with Gasteiger partial charge >= 0.3 is 0 Å². The van der Waals surface area contributed by atoms with Crippen molar-refractivity contribution in [1.82, 2.24) is 0 Å². The van der Waals surface area contributed by atoms with Crippen LogP contribution < -0.4 is 18.9 Å². The van der Waals surface area contributed by atoms with Gasteiger partial charge in [-0.2, -0.15) is 0 Å². The van der Waals surface area contributed by atoms with Gasteiger partial charge in [0.25, 0.3) is 0 Å². The summed E-state index contributed by atoms with van der Waals surface area (Å²) < 4.78 is 20.7. The molecule has 0 N–H and O–H groups in total. The van der Waals surface area contributed by atoms with Crippen LogP contribution in [-0.2, 0) is 12.8 Å². The molecule has 0 saturated carbocycles. The van der Waals surface area contributed by atoms with Gasteiger partial charge in [-0.25, -0.2) is 0 Å². The van der Waals surface area contributed by atoms with Gasteiger partial charge in [0, 0.05) is 0 Å². The van der Waals surface area contributed by atoms with Gasteiger partial charge in [0.1, 0.15) is 13.2 Å². The van der Waals surface area contributed by atoms with Crippen molar-refractivity contribution < 1.29 is 18.9 Å². The number of ether oxygens (including phenoxy) is 4. The number of para-hydroxylation sites is 4. The Bertz CT molecular complexity index is 911. The van der Waals surface area contributed by atoms with Crippen molar-refractivity contribution in [3.05, 3.63) is 83.9 Å². The average molecular weight is 565 g/mol. The van der Waals surface area contributed by atoms with Gasteiger partial charge in [-0.05, 0) is 78.8 Å². The number of hydrogen-bond donors (Lipinski definition) is 0. The molecule has 0 fully saturated rings. The number of aryl methyl sites for hydroxylation is 2. The molecule has 41 heavy (non-hydrogen) atoms. The molecule has 0 aromatic heterocycles. The third-order valence-electron chi connectivity index (χ3n) is 4.99. The van der Waals surface area contributed by atoms with Crippen molar-refractivity contribution in [3.63, 3.8) is 0 Å². The second-order valence-electron chi connectivity index (χ2n) is 12.2. The third kappa shape index (κ3) is 18.0. The summed E-state index contributed by atoms with van der Waals surface area (Å²) in [4.78, 5) is 0. The highest BCUT2D eigenvalue weighted by molar-refractivity contribution is 5.41. The first-order valence-electron chi connectivity index (χ1n) is 15.4. The molecule has 4 nitrogen and oxygen atoms in total. The van der Waals surface area contributed by atoms with Crippen LogP contribution in [0, 0.1) is 17.8 Å². The van der Waals surface area contributed by atoms with Crippen molar-refractivity contribution in [1.29, 1.82) is 0 Å². The van der Waals surface area contributed by atoms with E-state index in [-0.39, 0.29) is 0 Å². The van der Waals surface area contributed by atoms with Gasteiger partial charge in [0.05, 0.1) is 0 Å². The molecular weight excluding hydrogens is 508 g/mol. The van der Waals surface area contributed by atoms with E-state index >= 15 is 0 Å². The maximum absolute atomic E-state index is 5.30. The summed E-state index contributed by atoms with van der Waals surface area (Å²) in [7, 11) is 0. The van der Waals surface area contributed by atoms with E-state index in [1.807, 2.05) is 48.5 Å². The highest BCUT2D eigenvalue weighted by Gasteiger charge is 2.10. The van der Waals surface area contributed by atoms with Crippen LogP contribution in [0.3, 0.4) is 0 Å². The summed E-state index contributed by atoms with van der Waals surface area (Å²) in [6, 6.07) is 24.1. The molecule has 2 heterocycles. The Morgan fingerprint density at radius 1 is 0.415 bits per heavy atom. The predicted octanol–water partition coefficient (Wildman–Crippen LogP) is 10.4. The van der Waals surface area contributed by atoms with Gasteiger partial charge in [-0.1, -0.05) is 111 Å². The summed E-state index contributed by atoms with van der Waals surface area (Å²) >= 11 is 0. The SMILES string of the molecule is CC(C)C.CC(C)C.CC(C)C.c1ccc2c(c1)CCCC2.c1ccc2c(c1)OCCO2.c1ccc2c(c1)OCO2. The maximum Gasteiger partial charge on any atom is 0.231 e. The van der Waals surface area contributed by atoms with E-state index in [0.717, 1.165) is 40.8 Å². The quantitative estimate of drug-likeness (QED) is 0.272. The molecule has 6 rings (SSSR count). The number of rotatable bonds is 0. The smallest absolute Gasteiger partial charge is 0.231 e. The van der Waals surface area contributed by atoms with Gasteiger partial charge in [-0.3, -0.25) is 0 Å². The molecule has 0 bridgehead atoms. The normalized spacial score (nSPS) is 13.3. The maximum atomic E-state index is 5.30. The molecule has 228 valence electrons. The fourth-order valence-electron chi connectivity index (χ4n) is 3.51. The Labute approximate surface area is 251 Å². The van der Waals surface area contributed by atoms with E-state index in [2.05, 4.69) is 86.6 Å². The molecule has 2 aliphatic heterocycles. The summed E-state index contributed by atoms with van der Waals surface area (Å²) in [5.41, 5.74) is 3.16. The van der Waals surface area contributed by atoms with Gasteiger partial charge in [0.2, 0.25) is 6.79 Å². The molecule has 0 atom stereocenters. The van der Waals surface area contributed by atoms with Gasteiger partial charge in [-0.15, -0.1) is 0 Å². The molecule has 0 spiro atoms. The second-order valence-corrected chi connectivity index (χ2v) is 12.2. The molecule has 0 unspecified atom stereocenters. The lowest BCUT2D eigenvalue weighted by atomic mass is 9.92. The lowest BCUT2D eigenvalue weighted by Crippen LogP contribution is -2.14. The Balaban J connectivity index is 0.000000259. The lowest BCUT2D eigenvalue weighted by Gasteiger charge is -2.17. The highest BCUT2D eigenvalue weighted by Crippen LogP contribution is 2.30. The zero-order valence-electron chi connectivity index (χ0n) is 27.2. The van der Waals surface area contributed by atoms with Crippen molar-refractivity contribution in [2.24, 2.45) is 17.8 Å². The Morgan fingerprint density at radius 3 is 1.00 bits per heavy atom. The first-order valence-corrected chi connectivity index (χ1v) is 15.4. The van der Waals surface area contributed by atoms with Crippen molar-refractivity contribution in [2.75, 3.05) is 20.0 Å². The van der Waals surface area contributed by atoms with E-state index in [1.54, 1.807) is 11.1 Å².